The number of nitrogens with one attached hydrogen (secondary N) is 2. The summed E-state index contributed by atoms with van der Waals surface area (Å²) in [5.74, 6) is -0.259. The Kier molecular flexibility index (Phi) is 2.64. The summed E-state index contributed by atoms with van der Waals surface area (Å²) in [6, 6.07) is 8.93. The molecule has 1 aromatic carbocycles. The number of benzene rings is 1. The summed E-state index contributed by atoms with van der Waals surface area (Å²) in [5, 5.41) is 5.04. The molecule has 0 unspecified atom stereocenters. The van der Waals surface area contributed by atoms with Crippen LogP contribution < -0.4 is 10.6 Å². The van der Waals surface area contributed by atoms with Gasteiger partial charge in [0, 0.05) is 0 Å². The van der Waals surface area contributed by atoms with E-state index in [1.807, 2.05) is 37.3 Å². The van der Waals surface area contributed by atoms with Crippen molar-refractivity contribution in [2.24, 2.45) is 0 Å². The predicted octanol–water partition coefficient (Wildman–Crippen LogP) is 1.52. The highest BCUT2D eigenvalue weighted by molar-refractivity contribution is 6.07. The molecular formula is C12H14N2O2. The van der Waals surface area contributed by atoms with Crippen molar-refractivity contribution in [1.29, 1.82) is 0 Å². The lowest BCUT2D eigenvalue weighted by atomic mass is 9.86. The summed E-state index contributed by atoms with van der Waals surface area (Å²) < 4.78 is 0. The largest absolute Gasteiger partial charge is 0.322 e. The van der Waals surface area contributed by atoms with Gasteiger partial charge < -0.3 is 5.32 Å². The minimum atomic E-state index is -0.882. The average molecular weight is 218 g/mol. The lowest BCUT2D eigenvalue weighted by Crippen LogP contribution is -2.43. The number of urea groups is 1. The Hall–Kier alpha value is -1.84. The van der Waals surface area contributed by atoms with Crippen molar-refractivity contribution < 1.29 is 9.59 Å². The molecule has 1 aliphatic heterocycles. The number of carbonyl (C=O) groups is 2. The van der Waals surface area contributed by atoms with Gasteiger partial charge in [-0.25, -0.2) is 4.79 Å². The molecule has 1 saturated heterocycles. The van der Waals surface area contributed by atoms with Crippen LogP contribution in [0.3, 0.4) is 0 Å². The van der Waals surface area contributed by atoms with Crippen LogP contribution in [-0.2, 0) is 10.3 Å². The highest BCUT2D eigenvalue weighted by Crippen LogP contribution is 2.29. The Morgan fingerprint density at radius 2 is 1.88 bits per heavy atom. The fourth-order valence-electron chi connectivity index (χ4n) is 2.11. The summed E-state index contributed by atoms with van der Waals surface area (Å²) >= 11 is 0. The van der Waals surface area contributed by atoms with Gasteiger partial charge in [-0.1, -0.05) is 43.7 Å². The first-order chi connectivity index (χ1) is 7.69. The topological polar surface area (TPSA) is 58.2 Å². The van der Waals surface area contributed by atoms with E-state index in [1.165, 1.54) is 0 Å². The molecule has 1 heterocycles. The molecule has 2 N–H and O–H groups in total. The van der Waals surface area contributed by atoms with Gasteiger partial charge in [0.25, 0.3) is 5.91 Å². The summed E-state index contributed by atoms with van der Waals surface area (Å²) in [4.78, 5) is 23.2. The second-order valence-electron chi connectivity index (χ2n) is 3.93. The van der Waals surface area contributed by atoms with Crippen molar-refractivity contribution in [1.82, 2.24) is 10.6 Å². The van der Waals surface area contributed by atoms with Crippen LogP contribution in [0.25, 0.3) is 0 Å². The third-order valence-corrected chi connectivity index (χ3v) is 2.83. The fourth-order valence-corrected chi connectivity index (χ4v) is 2.11. The van der Waals surface area contributed by atoms with Crippen molar-refractivity contribution in [3.63, 3.8) is 0 Å². The molecule has 1 fully saturated rings. The quantitative estimate of drug-likeness (QED) is 0.756. The van der Waals surface area contributed by atoms with E-state index in [0.29, 0.717) is 6.42 Å². The maximum absolute atomic E-state index is 11.9. The minimum Gasteiger partial charge on any atom is -0.319 e. The van der Waals surface area contributed by atoms with E-state index in [1.54, 1.807) is 0 Å². The lowest BCUT2D eigenvalue weighted by Gasteiger charge is -2.25. The molecule has 84 valence electrons. The van der Waals surface area contributed by atoms with Crippen molar-refractivity contribution >= 4 is 11.9 Å². The summed E-state index contributed by atoms with van der Waals surface area (Å²) in [7, 11) is 0. The third kappa shape index (κ3) is 1.56. The molecule has 16 heavy (non-hydrogen) atoms. The molecule has 0 radical (unpaired) electrons. The SMILES string of the molecule is CCC[C@@]1(c2ccccc2)NC(=O)NC1=O. The molecule has 0 aliphatic carbocycles. The van der Waals surface area contributed by atoms with Crippen LogP contribution in [0, 0.1) is 0 Å². The van der Waals surface area contributed by atoms with Crippen molar-refractivity contribution in [2.45, 2.75) is 25.3 Å². The van der Waals surface area contributed by atoms with Gasteiger partial charge in [-0.15, -0.1) is 0 Å². The predicted molar refractivity (Wildman–Crippen MR) is 59.7 cm³/mol. The Labute approximate surface area is 94.0 Å². The van der Waals surface area contributed by atoms with E-state index < -0.39 is 11.6 Å². The van der Waals surface area contributed by atoms with Crippen LogP contribution in [0.1, 0.15) is 25.3 Å². The van der Waals surface area contributed by atoms with Crippen molar-refractivity contribution in [2.75, 3.05) is 0 Å². The van der Waals surface area contributed by atoms with Gasteiger partial charge in [0.2, 0.25) is 0 Å². The second kappa shape index (κ2) is 3.96. The maximum Gasteiger partial charge on any atom is 0.322 e. The Morgan fingerprint density at radius 1 is 1.19 bits per heavy atom. The van der Waals surface area contributed by atoms with Gasteiger partial charge in [-0.3, -0.25) is 10.1 Å². The fraction of sp³-hybridized carbons (Fsp3) is 0.333. The van der Waals surface area contributed by atoms with Crippen molar-refractivity contribution in [3.8, 4) is 0 Å². The molecule has 0 spiro atoms. The van der Waals surface area contributed by atoms with Crippen LogP contribution in [0.2, 0.25) is 0 Å². The van der Waals surface area contributed by atoms with Crippen LogP contribution in [0.5, 0.6) is 0 Å². The van der Waals surface area contributed by atoms with Crippen molar-refractivity contribution in [3.05, 3.63) is 35.9 Å². The van der Waals surface area contributed by atoms with Crippen LogP contribution in [0.4, 0.5) is 4.79 Å². The molecule has 1 aromatic rings. The number of carbonyl (C=O) groups excluding carboxylic acids is 2. The molecule has 2 rings (SSSR count). The highest BCUT2D eigenvalue weighted by Gasteiger charge is 2.46. The molecule has 4 heteroatoms. The summed E-state index contributed by atoms with van der Waals surface area (Å²) in [6.45, 7) is 1.99. The first kappa shape index (κ1) is 10.7. The molecule has 0 aromatic heterocycles. The van der Waals surface area contributed by atoms with E-state index in [9.17, 15) is 9.59 Å². The second-order valence-corrected chi connectivity index (χ2v) is 3.93. The Morgan fingerprint density at radius 3 is 2.38 bits per heavy atom. The van der Waals surface area contributed by atoms with Gasteiger partial charge in [0.05, 0.1) is 0 Å². The zero-order valence-corrected chi connectivity index (χ0v) is 9.12. The van der Waals surface area contributed by atoms with E-state index in [0.717, 1.165) is 12.0 Å². The smallest absolute Gasteiger partial charge is 0.319 e. The number of hydrogen-bond donors (Lipinski definition) is 2. The Balaban J connectivity index is 2.44. The molecule has 4 nitrogen and oxygen atoms in total. The van der Waals surface area contributed by atoms with Gasteiger partial charge in [0.1, 0.15) is 5.54 Å². The molecule has 1 aliphatic rings. The zero-order valence-electron chi connectivity index (χ0n) is 9.12. The number of amides is 3. The van der Waals surface area contributed by atoms with E-state index >= 15 is 0 Å². The van der Waals surface area contributed by atoms with Gasteiger partial charge in [-0.05, 0) is 12.0 Å². The zero-order chi connectivity index (χ0) is 11.6. The average Bonchev–Trinajstić information content (AvgIpc) is 2.57. The van der Waals surface area contributed by atoms with Gasteiger partial charge in [-0.2, -0.15) is 0 Å². The lowest BCUT2D eigenvalue weighted by molar-refractivity contribution is -0.124. The van der Waals surface area contributed by atoms with Gasteiger partial charge in [0.15, 0.2) is 0 Å². The number of hydrogen-bond acceptors (Lipinski definition) is 2. The summed E-state index contributed by atoms with van der Waals surface area (Å²) in [5.41, 5.74) is -0.0483. The number of rotatable bonds is 3. The third-order valence-electron chi connectivity index (χ3n) is 2.83. The van der Waals surface area contributed by atoms with E-state index in [2.05, 4.69) is 10.6 Å². The molecule has 3 amide bonds. The molecule has 0 bridgehead atoms. The number of imide groups is 1. The maximum atomic E-state index is 11.9. The first-order valence-electron chi connectivity index (χ1n) is 5.38. The first-order valence-corrected chi connectivity index (χ1v) is 5.38. The highest BCUT2D eigenvalue weighted by atomic mass is 16.2. The van der Waals surface area contributed by atoms with Crippen LogP contribution in [0.15, 0.2) is 30.3 Å². The minimum absolute atomic E-state index is 0.259. The molecule has 1 atom stereocenters. The monoisotopic (exact) mass is 218 g/mol. The van der Waals surface area contributed by atoms with Crippen LogP contribution in [-0.4, -0.2) is 11.9 Å². The van der Waals surface area contributed by atoms with Gasteiger partial charge >= 0.3 is 6.03 Å². The molecule has 0 saturated carbocycles. The Bertz CT molecular complexity index is 416. The standard InChI is InChI=1S/C12H14N2O2/c1-2-8-12(9-6-4-3-5-7-9)10(15)13-11(16)14-12/h3-7H,2,8H2,1H3,(H2,13,14,15,16)/t12-/m0/s1. The van der Waals surface area contributed by atoms with E-state index in [-0.39, 0.29) is 5.91 Å². The summed E-state index contributed by atoms with van der Waals surface area (Å²) in [6.07, 6.45) is 1.43. The normalized spacial score (nSPS) is 24.1. The van der Waals surface area contributed by atoms with Crippen LogP contribution >= 0.6 is 0 Å². The molecular weight excluding hydrogens is 204 g/mol. The van der Waals surface area contributed by atoms with E-state index in [4.69, 9.17) is 0 Å².